The minimum absolute atomic E-state index is 0.197. The Hall–Kier alpha value is -2.15. The van der Waals surface area contributed by atoms with E-state index in [-0.39, 0.29) is 5.69 Å². The fourth-order valence-corrected chi connectivity index (χ4v) is 5.34. The first-order valence-electron chi connectivity index (χ1n) is 13.1. The first-order chi connectivity index (χ1) is 17.0. The second-order valence-corrected chi connectivity index (χ2v) is 10.3. The van der Waals surface area contributed by atoms with Gasteiger partial charge in [0.25, 0.3) is 0 Å². The molecule has 3 aromatic heterocycles. The predicted molar refractivity (Wildman–Crippen MR) is 140 cm³/mol. The first kappa shape index (κ1) is 27.4. The van der Waals surface area contributed by atoms with Crippen molar-refractivity contribution in [1.29, 1.82) is 0 Å². The lowest BCUT2D eigenvalue weighted by atomic mass is 10.0. The Morgan fingerprint density at radius 3 is 1.97 bits per heavy atom. The lowest BCUT2D eigenvalue weighted by molar-refractivity contribution is -0.141. The molecule has 0 bridgehead atoms. The number of rotatable bonds is 16. The van der Waals surface area contributed by atoms with E-state index in [1.807, 2.05) is 11.2 Å². The van der Waals surface area contributed by atoms with Crippen molar-refractivity contribution in [3.8, 4) is 21.8 Å². The van der Waals surface area contributed by atoms with Gasteiger partial charge in [-0.15, -0.1) is 11.3 Å². The van der Waals surface area contributed by atoms with Crippen molar-refractivity contribution >= 4 is 11.3 Å². The third kappa shape index (κ3) is 9.10. The van der Waals surface area contributed by atoms with Gasteiger partial charge in [-0.3, -0.25) is 10.1 Å². The fraction of sp³-hybridized carbons (Fsp3) is 0.571. The van der Waals surface area contributed by atoms with E-state index < -0.39 is 11.9 Å². The van der Waals surface area contributed by atoms with Crippen LogP contribution in [0.4, 0.5) is 13.2 Å². The summed E-state index contributed by atoms with van der Waals surface area (Å²) in [5, 5.41) is 7.90. The van der Waals surface area contributed by atoms with Crippen molar-refractivity contribution in [3.05, 3.63) is 47.1 Å². The Kier molecular flexibility index (Phi) is 11.3. The topological polar surface area (TPSA) is 41.6 Å². The molecule has 35 heavy (non-hydrogen) atoms. The zero-order valence-electron chi connectivity index (χ0n) is 20.8. The van der Waals surface area contributed by atoms with Gasteiger partial charge in [0.05, 0.1) is 5.69 Å². The quantitative estimate of drug-likeness (QED) is 0.197. The molecule has 3 nitrogen and oxygen atoms in total. The van der Waals surface area contributed by atoms with Crippen molar-refractivity contribution in [1.82, 2.24) is 15.2 Å². The van der Waals surface area contributed by atoms with Gasteiger partial charge < -0.3 is 0 Å². The minimum atomic E-state index is -4.44. The zero-order valence-corrected chi connectivity index (χ0v) is 21.6. The van der Waals surface area contributed by atoms with E-state index in [1.165, 1.54) is 93.9 Å². The van der Waals surface area contributed by atoms with Gasteiger partial charge in [-0.25, -0.2) is 0 Å². The van der Waals surface area contributed by atoms with Crippen LogP contribution < -0.4 is 0 Å². The van der Waals surface area contributed by atoms with E-state index in [9.17, 15) is 13.2 Å². The van der Waals surface area contributed by atoms with Gasteiger partial charge in [0.15, 0.2) is 0 Å². The van der Waals surface area contributed by atoms with Crippen LogP contribution in [0.15, 0.2) is 35.8 Å². The molecule has 1 N–H and O–H groups in total. The summed E-state index contributed by atoms with van der Waals surface area (Å²) >= 11 is 1.69. The number of alkyl halides is 3. The number of aryl methyl sites for hydroxylation is 1. The summed E-state index contributed by atoms with van der Waals surface area (Å²) in [6, 6.07) is 6.83. The third-order valence-electron chi connectivity index (χ3n) is 6.47. The number of hydrogen-bond donors (Lipinski definition) is 1. The largest absolute Gasteiger partial charge is 0.432 e. The summed E-state index contributed by atoms with van der Waals surface area (Å²) in [5.74, 6) is 0. The molecule has 0 aliphatic rings. The van der Waals surface area contributed by atoms with Crippen LogP contribution in [-0.4, -0.2) is 15.2 Å². The van der Waals surface area contributed by atoms with Gasteiger partial charge in [-0.1, -0.05) is 84.0 Å². The van der Waals surface area contributed by atoms with Crippen LogP contribution in [0.3, 0.4) is 0 Å². The Morgan fingerprint density at radius 2 is 1.43 bits per heavy atom. The van der Waals surface area contributed by atoms with Gasteiger partial charge in [0.2, 0.25) is 0 Å². The van der Waals surface area contributed by atoms with Crippen LogP contribution in [0.5, 0.6) is 0 Å². The van der Waals surface area contributed by atoms with Crippen molar-refractivity contribution < 1.29 is 13.2 Å². The highest BCUT2D eigenvalue weighted by atomic mass is 32.1. The highest BCUT2D eigenvalue weighted by Crippen LogP contribution is 2.33. The van der Waals surface area contributed by atoms with E-state index in [0.29, 0.717) is 5.69 Å². The maximum absolute atomic E-state index is 12.8. The molecular weight excluding hydrogens is 467 g/mol. The molecule has 0 aromatic carbocycles. The fourth-order valence-electron chi connectivity index (χ4n) is 4.40. The molecule has 0 aliphatic heterocycles. The number of nitrogens with one attached hydrogen (secondary N) is 1. The lowest BCUT2D eigenvalue weighted by Gasteiger charge is -2.06. The van der Waals surface area contributed by atoms with E-state index in [4.69, 9.17) is 0 Å². The standard InChI is InChI=1S/C28H38F3N3S/c1-2-3-4-5-6-7-8-9-10-11-12-13-14-15-22-18-19-35-27(22)23-16-17-24(32-21-23)25-20-26(34-33-25)28(29,30)31/h16-21H,2-15H2,1H3,(H,33,34). The molecule has 0 amide bonds. The number of pyridine rings is 1. The number of aromatic amines is 1. The average Bonchev–Trinajstić information content (AvgIpc) is 3.52. The summed E-state index contributed by atoms with van der Waals surface area (Å²) < 4.78 is 38.4. The Labute approximate surface area is 211 Å². The third-order valence-corrected chi connectivity index (χ3v) is 7.47. The number of halogens is 3. The highest BCUT2D eigenvalue weighted by Gasteiger charge is 2.33. The van der Waals surface area contributed by atoms with Crippen LogP contribution in [-0.2, 0) is 12.6 Å². The molecule has 7 heteroatoms. The maximum Gasteiger partial charge on any atom is 0.432 e. The Morgan fingerprint density at radius 1 is 0.800 bits per heavy atom. The second kappa shape index (κ2) is 14.4. The Balaban J connectivity index is 1.35. The summed E-state index contributed by atoms with van der Waals surface area (Å²) in [7, 11) is 0. The summed E-state index contributed by atoms with van der Waals surface area (Å²) in [5.41, 5.74) is 2.08. The minimum Gasteiger partial charge on any atom is -0.273 e. The second-order valence-electron chi connectivity index (χ2n) is 9.36. The maximum atomic E-state index is 12.8. The summed E-state index contributed by atoms with van der Waals surface area (Å²) in [6.45, 7) is 2.27. The number of unbranched alkanes of at least 4 members (excludes halogenated alkanes) is 12. The molecule has 192 valence electrons. The molecule has 3 rings (SSSR count). The molecule has 0 atom stereocenters. The van der Waals surface area contributed by atoms with Crippen LogP contribution in [0.1, 0.15) is 102 Å². The van der Waals surface area contributed by atoms with E-state index in [0.717, 1.165) is 18.1 Å². The average molecular weight is 506 g/mol. The number of aromatic nitrogens is 3. The van der Waals surface area contributed by atoms with Crippen LogP contribution in [0.2, 0.25) is 0 Å². The number of hydrogen-bond acceptors (Lipinski definition) is 3. The van der Waals surface area contributed by atoms with Crippen molar-refractivity contribution in [2.24, 2.45) is 0 Å². The molecular formula is C28H38F3N3S. The predicted octanol–water partition coefficient (Wildman–Crippen LogP) is 9.85. The molecule has 0 unspecified atom stereocenters. The molecule has 0 fully saturated rings. The van der Waals surface area contributed by atoms with Crippen molar-refractivity contribution in [2.75, 3.05) is 0 Å². The molecule has 0 saturated heterocycles. The smallest absolute Gasteiger partial charge is 0.273 e. The van der Waals surface area contributed by atoms with E-state index >= 15 is 0 Å². The summed E-state index contributed by atoms with van der Waals surface area (Å²) in [4.78, 5) is 5.56. The normalized spacial score (nSPS) is 11.9. The van der Waals surface area contributed by atoms with Gasteiger partial charge in [0, 0.05) is 16.6 Å². The molecule has 0 radical (unpaired) electrons. The van der Waals surface area contributed by atoms with Gasteiger partial charge in [-0.05, 0) is 48.1 Å². The molecule has 3 heterocycles. The first-order valence-corrected chi connectivity index (χ1v) is 14.0. The van der Waals surface area contributed by atoms with Crippen molar-refractivity contribution in [2.45, 2.75) is 103 Å². The number of H-pyrrole nitrogens is 1. The Bertz CT molecular complexity index is 976. The van der Waals surface area contributed by atoms with Gasteiger partial charge in [-0.2, -0.15) is 18.3 Å². The number of thiophene rings is 1. The number of nitrogens with zero attached hydrogens (tertiary/aromatic N) is 2. The molecule has 0 spiro atoms. The van der Waals surface area contributed by atoms with Crippen LogP contribution in [0.25, 0.3) is 21.8 Å². The summed E-state index contributed by atoms with van der Waals surface area (Å²) in [6.07, 6.45) is 15.9. The zero-order chi connectivity index (χ0) is 24.9. The van der Waals surface area contributed by atoms with Gasteiger partial charge in [0.1, 0.15) is 11.4 Å². The van der Waals surface area contributed by atoms with E-state index in [2.05, 4.69) is 28.5 Å². The SMILES string of the molecule is CCCCCCCCCCCCCCCc1ccsc1-c1ccc(-c2cc(C(F)(F)F)[nH]n2)nc1. The van der Waals surface area contributed by atoms with Crippen LogP contribution in [0, 0.1) is 0 Å². The van der Waals surface area contributed by atoms with Gasteiger partial charge >= 0.3 is 6.18 Å². The monoisotopic (exact) mass is 505 g/mol. The lowest BCUT2D eigenvalue weighted by Crippen LogP contribution is -2.04. The highest BCUT2D eigenvalue weighted by molar-refractivity contribution is 7.13. The van der Waals surface area contributed by atoms with Crippen LogP contribution >= 0.6 is 11.3 Å². The molecule has 0 saturated carbocycles. The van der Waals surface area contributed by atoms with Crippen molar-refractivity contribution in [3.63, 3.8) is 0 Å². The molecule has 0 aliphatic carbocycles. The van der Waals surface area contributed by atoms with E-state index in [1.54, 1.807) is 23.6 Å². The molecule has 3 aromatic rings.